The van der Waals surface area contributed by atoms with Gasteiger partial charge in [0.2, 0.25) is 5.91 Å². The Labute approximate surface area is 195 Å². The Bertz CT molecular complexity index is 735. The Morgan fingerprint density at radius 1 is 1.20 bits per heavy atom. The first kappa shape index (κ1) is 24.4. The number of hydrogen-bond acceptors (Lipinski definition) is 4. The van der Waals surface area contributed by atoms with Crippen LogP contribution in [0.25, 0.3) is 0 Å². The molecule has 0 radical (unpaired) electrons. The third kappa shape index (κ3) is 6.82. The van der Waals surface area contributed by atoms with Crippen LogP contribution in [0, 0.1) is 16.0 Å². The van der Waals surface area contributed by atoms with Crippen molar-refractivity contribution in [3.05, 3.63) is 39.9 Å². The lowest BCUT2D eigenvalue weighted by Gasteiger charge is -2.26. The van der Waals surface area contributed by atoms with Gasteiger partial charge in [0, 0.05) is 43.7 Å². The second-order valence-corrected chi connectivity index (χ2v) is 7.87. The van der Waals surface area contributed by atoms with E-state index in [9.17, 15) is 14.9 Å². The maximum atomic E-state index is 12.7. The van der Waals surface area contributed by atoms with Crippen LogP contribution in [0.1, 0.15) is 51.0 Å². The second kappa shape index (κ2) is 12.1. The molecule has 1 aromatic rings. The third-order valence-corrected chi connectivity index (χ3v) is 5.71. The average molecular weight is 529 g/mol. The number of nitrogens with one attached hydrogen (secondary N) is 2. The minimum atomic E-state index is -0.404. The van der Waals surface area contributed by atoms with Crippen LogP contribution in [0.5, 0.6) is 0 Å². The van der Waals surface area contributed by atoms with Gasteiger partial charge in [0.15, 0.2) is 5.96 Å². The number of rotatable bonds is 6. The molecule has 2 N–H and O–H groups in total. The monoisotopic (exact) mass is 529 g/mol. The number of non-ortho nitro benzene ring substituents is 1. The summed E-state index contributed by atoms with van der Waals surface area (Å²) in [5, 5.41) is 17.4. The van der Waals surface area contributed by atoms with Gasteiger partial charge >= 0.3 is 0 Å². The van der Waals surface area contributed by atoms with Crippen molar-refractivity contribution in [1.29, 1.82) is 0 Å². The summed E-state index contributed by atoms with van der Waals surface area (Å²) in [4.78, 5) is 29.7. The number of amides is 1. The number of nitrogens with zero attached hydrogens (tertiary/aromatic N) is 3. The van der Waals surface area contributed by atoms with Crippen LogP contribution in [-0.2, 0) is 11.3 Å². The number of carbonyl (C=O) groups is 1. The summed E-state index contributed by atoms with van der Waals surface area (Å²) in [6, 6.07) is 6.64. The zero-order chi connectivity index (χ0) is 20.6. The van der Waals surface area contributed by atoms with E-state index in [0.717, 1.165) is 44.5 Å². The molecule has 1 aliphatic heterocycles. The smallest absolute Gasteiger partial charge is 0.269 e. The number of likely N-dealkylation sites (tertiary alicyclic amines) is 1. The van der Waals surface area contributed by atoms with Gasteiger partial charge in [-0.05, 0) is 31.7 Å². The van der Waals surface area contributed by atoms with E-state index in [1.54, 1.807) is 12.1 Å². The number of guanidine groups is 1. The summed E-state index contributed by atoms with van der Waals surface area (Å²) in [5.74, 6) is 1.25. The van der Waals surface area contributed by atoms with E-state index >= 15 is 0 Å². The van der Waals surface area contributed by atoms with E-state index < -0.39 is 4.92 Å². The molecule has 1 aliphatic carbocycles. The van der Waals surface area contributed by atoms with Gasteiger partial charge in [-0.1, -0.05) is 31.4 Å². The highest BCUT2D eigenvalue weighted by molar-refractivity contribution is 14.0. The fraction of sp³-hybridized carbons (Fsp3) is 0.619. The maximum Gasteiger partial charge on any atom is 0.269 e. The van der Waals surface area contributed by atoms with E-state index in [0.29, 0.717) is 18.4 Å². The van der Waals surface area contributed by atoms with Crippen LogP contribution in [0.15, 0.2) is 29.3 Å². The molecule has 0 aromatic heterocycles. The van der Waals surface area contributed by atoms with Crippen LogP contribution < -0.4 is 10.6 Å². The number of benzene rings is 1. The zero-order valence-corrected chi connectivity index (χ0v) is 19.8. The molecule has 0 bridgehead atoms. The van der Waals surface area contributed by atoms with Crippen LogP contribution in [0.4, 0.5) is 5.69 Å². The van der Waals surface area contributed by atoms with Gasteiger partial charge in [-0.2, -0.15) is 0 Å². The molecule has 1 saturated heterocycles. The first-order valence-electron chi connectivity index (χ1n) is 10.6. The average Bonchev–Trinajstić information content (AvgIpc) is 3.21. The number of nitro benzene ring substituents is 1. The van der Waals surface area contributed by atoms with E-state index in [2.05, 4.69) is 15.6 Å². The number of carbonyl (C=O) groups excluding carboxylic acids is 1. The van der Waals surface area contributed by atoms with Crippen LogP contribution in [0.2, 0.25) is 0 Å². The predicted molar refractivity (Wildman–Crippen MR) is 128 cm³/mol. The van der Waals surface area contributed by atoms with Crippen molar-refractivity contribution < 1.29 is 9.72 Å². The van der Waals surface area contributed by atoms with Gasteiger partial charge in [0.05, 0.1) is 11.5 Å². The Hall–Kier alpha value is -1.91. The quantitative estimate of drug-likeness (QED) is 0.193. The van der Waals surface area contributed by atoms with Gasteiger partial charge in [0.1, 0.15) is 0 Å². The molecule has 3 rings (SSSR count). The fourth-order valence-corrected chi connectivity index (χ4v) is 4.09. The maximum absolute atomic E-state index is 12.7. The minimum absolute atomic E-state index is 0. The van der Waals surface area contributed by atoms with Gasteiger partial charge in [0.25, 0.3) is 5.69 Å². The normalized spacial score (nSPS) is 19.8. The Morgan fingerprint density at radius 3 is 2.53 bits per heavy atom. The molecule has 0 spiro atoms. The molecule has 1 saturated carbocycles. The Morgan fingerprint density at radius 2 is 1.90 bits per heavy atom. The number of hydrogen-bond donors (Lipinski definition) is 2. The molecular formula is C21H32IN5O3. The van der Waals surface area contributed by atoms with Gasteiger partial charge in [-0.15, -0.1) is 24.0 Å². The van der Waals surface area contributed by atoms with Crippen LogP contribution >= 0.6 is 24.0 Å². The van der Waals surface area contributed by atoms with Crippen molar-refractivity contribution in [1.82, 2.24) is 15.5 Å². The van der Waals surface area contributed by atoms with Gasteiger partial charge in [-0.25, -0.2) is 4.99 Å². The molecular weight excluding hydrogens is 497 g/mol. The number of halogens is 1. The lowest BCUT2D eigenvalue weighted by atomic mass is 9.88. The largest absolute Gasteiger partial charge is 0.357 e. The number of nitro groups is 1. The molecule has 1 heterocycles. The highest BCUT2D eigenvalue weighted by atomic mass is 127. The summed E-state index contributed by atoms with van der Waals surface area (Å²) in [5.41, 5.74) is 0.991. The van der Waals surface area contributed by atoms with Crippen molar-refractivity contribution in [2.45, 2.75) is 58.0 Å². The molecule has 1 amide bonds. The van der Waals surface area contributed by atoms with Crippen molar-refractivity contribution in [2.24, 2.45) is 10.9 Å². The van der Waals surface area contributed by atoms with Crippen molar-refractivity contribution >= 4 is 41.5 Å². The van der Waals surface area contributed by atoms with E-state index in [4.69, 9.17) is 0 Å². The molecule has 2 fully saturated rings. The van der Waals surface area contributed by atoms with Crippen molar-refractivity contribution in [2.75, 3.05) is 19.6 Å². The summed E-state index contributed by atoms with van der Waals surface area (Å²) in [6.45, 7) is 4.71. The summed E-state index contributed by atoms with van der Waals surface area (Å²) < 4.78 is 0. The van der Waals surface area contributed by atoms with Crippen LogP contribution in [0.3, 0.4) is 0 Å². The summed E-state index contributed by atoms with van der Waals surface area (Å²) >= 11 is 0. The molecule has 1 aromatic carbocycles. The third-order valence-electron chi connectivity index (χ3n) is 5.71. The van der Waals surface area contributed by atoms with Crippen molar-refractivity contribution in [3.8, 4) is 0 Å². The van der Waals surface area contributed by atoms with E-state index in [1.807, 2.05) is 11.8 Å². The first-order valence-corrected chi connectivity index (χ1v) is 10.6. The SMILES string of the molecule is CCNC(=NCc1ccc([N+](=O)[O-])cc1)NC1CCN(C(=O)C2CCCCC2)C1.I. The topological polar surface area (TPSA) is 99.9 Å². The highest BCUT2D eigenvalue weighted by Gasteiger charge is 2.31. The standard InChI is InChI=1S/C21H31N5O3.HI/c1-2-22-21(23-14-16-8-10-19(11-9-16)26(28)29)24-18-12-13-25(15-18)20(27)17-6-4-3-5-7-17;/h8-11,17-18H,2-7,12-15H2,1H3,(H2,22,23,24);1H. The number of aliphatic imine (C=N–C) groups is 1. The van der Waals surface area contributed by atoms with E-state index in [1.165, 1.54) is 31.4 Å². The lowest BCUT2D eigenvalue weighted by Crippen LogP contribution is -2.45. The Kier molecular flexibility index (Phi) is 9.80. The van der Waals surface area contributed by atoms with Crippen molar-refractivity contribution in [3.63, 3.8) is 0 Å². The molecule has 166 valence electrons. The summed E-state index contributed by atoms with van der Waals surface area (Å²) in [7, 11) is 0. The lowest BCUT2D eigenvalue weighted by molar-refractivity contribution is -0.384. The van der Waals surface area contributed by atoms with E-state index in [-0.39, 0.29) is 41.6 Å². The molecule has 8 nitrogen and oxygen atoms in total. The highest BCUT2D eigenvalue weighted by Crippen LogP contribution is 2.26. The van der Waals surface area contributed by atoms with Gasteiger partial charge in [-0.3, -0.25) is 14.9 Å². The molecule has 30 heavy (non-hydrogen) atoms. The van der Waals surface area contributed by atoms with Crippen LogP contribution in [-0.4, -0.2) is 47.4 Å². The minimum Gasteiger partial charge on any atom is -0.357 e. The molecule has 1 unspecified atom stereocenters. The first-order chi connectivity index (χ1) is 14.1. The molecule has 2 aliphatic rings. The molecule has 1 atom stereocenters. The zero-order valence-electron chi connectivity index (χ0n) is 17.5. The molecule has 9 heteroatoms. The fourth-order valence-electron chi connectivity index (χ4n) is 4.09. The predicted octanol–water partition coefficient (Wildman–Crippen LogP) is 3.45. The van der Waals surface area contributed by atoms with Gasteiger partial charge < -0.3 is 15.5 Å². The Balaban J connectivity index is 0.00000320. The summed E-state index contributed by atoms with van der Waals surface area (Å²) in [6.07, 6.45) is 6.59. The second-order valence-electron chi connectivity index (χ2n) is 7.87.